The highest BCUT2D eigenvalue weighted by atomic mass is 16.6. The van der Waals surface area contributed by atoms with Crippen LogP contribution in [0.25, 0.3) is 0 Å². The molecule has 0 aliphatic carbocycles. The van der Waals surface area contributed by atoms with Crippen LogP contribution in [0.15, 0.2) is 24.3 Å². The molecule has 0 fully saturated rings. The Labute approximate surface area is 419 Å². The van der Waals surface area contributed by atoms with Crippen LogP contribution >= 0.6 is 0 Å². The molecule has 0 aromatic heterocycles. The Balaban J connectivity index is 3.34. The molecule has 0 aliphatic heterocycles. The number of aliphatic hydroxyl groups excluding tert-OH is 1. The molecule has 0 spiro atoms. The first kappa shape index (κ1) is 65.4. The van der Waals surface area contributed by atoms with Crippen molar-refractivity contribution in [3.63, 3.8) is 0 Å². The normalized spacial score (nSPS) is 12.2. The lowest BCUT2D eigenvalue weighted by Crippen LogP contribution is -2.28. The summed E-state index contributed by atoms with van der Waals surface area (Å²) in [5.74, 6) is -0.583. The van der Waals surface area contributed by atoms with E-state index in [-0.39, 0.29) is 25.2 Å². The van der Waals surface area contributed by atoms with Crippen LogP contribution in [-0.4, -0.2) is 36.4 Å². The van der Waals surface area contributed by atoms with Gasteiger partial charge in [-0.1, -0.05) is 289 Å². The van der Waals surface area contributed by atoms with Gasteiger partial charge in [0.15, 0.2) is 6.10 Å². The van der Waals surface area contributed by atoms with E-state index in [4.69, 9.17) is 9.47 Å². The number of rotatable bonds is 57. The van der Waals surface area contributed by atoms with E-state index in [1.807, 2.05) is 0 Å². The van der Waals surface area contributed by atoms with Crippen LogP contribution < -0.4 is 0 Å². The fraction of sp³-hybridized carbons (Fsp3) is 0.903. The second-order valence-corrected chi connectivity index (χ2v) is 20.8. The number of allylic oxidation sites excluding steroid dienone is 4. The lowest BCUT2D eigenvalue weighted by molar-refractivity contribution is -0.161. The quantitative estimate of drug-likeness (QED) is 0.0374. The Bertz CT molecular complexity index is 1020. The summed E-state index contributed by atoms with van der Waals surface area (Å²) in [6.07, 6.45) is 74.8. The van der Waals surface area contributed by atoms with Gasteiger partial charge in [0.05, 0.1) is 6.61 Å². The predicted molar refractivity (Wildman–Crippen MR) is 293 cm³/mol. The van der Waals surface area contributed by atoms with Gasteiger partial charge in [0.2, 0.25) is 0 Å². The average molecular weight is 944 g/mol. The van der Waals surface area contributed by atoms with Gasteiger partial charge in [-0.2, -0.15) is 0 Å². The minimum absolute atomic E-state index is 0.0646. The van der Waals surface area contributed by atoms with Crippen molar-refractivity contribution in [3.05, 3.63) is 24.3 Å². The molecule has 0 saturated carbocycles. The van der Waals surface area contributed by atoms with Gasteiger partial charge < -0.3 is 14.6 Å². The first-order valence-electron chi connectivity index (χ1n) is 30.4. The number of carbonyl (C=O) groups is 2. The topological polar surface area (TPSA) is 72.8 Å². The Morgan fingerprint density at radius 1 is 0.328 bits per heavy atom. The number of hydrogen-bond donors (Lipinski definition) is 1. The SMILES string of the molecule is CCCCCCC/C=C\CCCCCCCC(=O)OCC(CO)OC(=O)CCCCCCCCCCCCCCCCCCCCCCCCCCCCC/C=C\CCCCCCCCCC. The number of esters is 2. The molecule has 0 rings (SSSR count). The number of ether oxygens (including phenoxy) is 2. The number of aliphatic hydroxyl groups is 1. The van der Waals surface area contributed by atoms with E-state index in [0.29, 0.717) is 12.8 Å². The van der Waals surface area contributed by atoms with Crippen molar-refractivity contribution in [3.8, 4) is 0 Å². The van der Waals surface area contributed by atoms with Crippen molar-refractivity contribution in [1.29, 1.82) is 0 Å². The molecule has 0 amide bonds. The molecule has 396 valence electrons. The van der Waals surface area contributed by atoms with E-state index in [0.717, 1.165) is 44.9 Å². The second kappa shape index (κ2) is 58.7. The molecule has 0 bridgehead atoms. The monoisotopic (exact) mass is 943 g/mol. The molecule has 5 heteroatoms. The molecule has 0 aromatic rings. The Kier molecular flexibility index (Phi) is 57.3. The van der Waals surface area contributed by atoms with Crippen LogP contribution in [-0.2, 0) is 19.1 Å². The molecule has 1 atom stereocenters. The third-order valence-electron chi connectivity index (χ3n) is 14.0. The molecular formula is C62H118O5. The molecule has 1 unspecified atom stereocenters. The standard InChI is InChI=1S/C62H118O5/c1-3-5-7-9-11-13-15-17-19-20-21-22-23-24-25-26-27-28-29-30-31-32-33-34-35-36-37-38-39-40-41-42-43-45-47-49-51-53-55-57-62(65)67-60(58-63)59-66-61(64)56-54-52-50-48-46-44-18-16-14-12-10-8-6-4-2/h16,18,20-21,60,63H,3-15,17,19,22-59H2,1-2H3/b18-16-,21-20-. The average Bonchev–Trinajstić information content (AvgIpc) is 3.33. The molecular weight excluding hydrogens is 825 g/mol. The fourth-order valence-corrected chi connectivity index (χ4v) is 9.37. The van der Waals surface area contributed by atoms with Crippen molar-refractivity contribution in [1.82, 2.24) is 0 Å². The van der Waals surface area contributed by atoms with Crippen LogP contribution in [0.2, 0.25) is 0 Å². The Morgan fingerprint density at radius 2 is 0.552 bits per heavy atom. The van der Waals surface area contributed by atoms with E-state index >= 15 is 0 Å². The molecule has 67 heavy (non-hydrogen) atoms. The molecule has 0 heterocycles. The summed E-state index contributed by atoms with van der Waals surface area (Å²) in [4.78, 5) is 24.4. The van der Waals surface area contributed by atoms with Crippen LogP contribution in [0.5, 0.6) is 0 Å². The molecule has 0 radical (unpaired) electrons. The Morgan fingerprint density at radius 3 is 0.806 bits per heavy atom. The summed E-state index contributed by atoms with van der Waals surface area (Å²) in [5.41, 5.74) is 0. The summed E-state index contributed by atoms with van der Waals surface area (Å²) in [6.45, 7) is 4.16. The minimum atomic E-state index is -0.771. The molecule has 5 nitrogen and oxygen atoms in total. The lowest BCUT2D eigenvalue weighted by atomic mass is 10.0. The maximum absolute atomic E-state index is 12.3. The van der Waals surface area contributed by atoms with Gasteiger partial charge in [-0.15, -0.1) is 0 Å². The highest BCUT2D eigenvalue weighted by Gasteiger charge is 2.16. The van der Waals surface area contributed by atoms with Crippen molar-refractivity contribution in [2.24, 2.45) is 0 Å². The van der Waals surface area contributed by atoms with E-state index in [1.165, 1.54) is 270 Å². The summed E-state index contributed by atoms with van der Waals surface area (Å²) in [5, 5.41) is 9.63. The van der Waals surface area contributed by atoms with Gasteiger partial charge in [0.25, 0.3) is 0 Å². The zero-order valence-corrected chi connectivity index (χ0v) is 45.4. The summed E-state index contributed by atoms with van der Waals surface area (Å²) in [6, 6.07) is 0. The van der Waals surface area contributed by atoms with Crippen molar-refractivity contribution in [2.75, 3.05) is 13.2 Å². The van der Waals surface area contributed by atoms with Crippen molar-refractivity contribution < 1.29 is 24.2 Å². The summed E-state index contributed by atoms with van der Waals surface area (Å²) in [7, 11) is 0. The van der Waals surface area contributed by atoms with Crippen LogP contribution in [0.3, 0.4) is 0 Å². The van der Waals surface area contributed by atoms with Gasteiger partial charge in [0, 0.05) is 12.8 Å². The maximum atomic E-state index is 12.3. The lowest BCUT2D eigenvalue weighted by Gasteiger charge is -2.15. The zero-order chi connectivity index (χ0) is 48.5. The van der Waals surface area contributed by atoms with Crippen molar-refractivity contribution in [2.45, 2.75) is 347 Å². The number of unbranched alkanes of at least 4 members (excludes halogenated alkanes) is 45. The zero-order valence-electron chi connectivity index (χ0n) is 45.4. The molecule has 0 aliphatic rings. The minimum Gasteiger partial charge on any atom is -0.462 e. The van der Waals surface area contributed by atoms with Crippen LogP contribution in [0.1, 0.15) is 341 Å². The van der Waals surface area contributed by atoms with Gasteiger partial charge in [-0.3, -0.25) is 9.59 Å². The molecule has 0 aromatic carbocycles. The molecule has 0 saturated heterocycles. The first-order valence-corrected chi connectivity index (χ1v) is 30.4. The van der Waals surface area contributed by atoms with Gasteiger partial charge >= 0.3 is 11.9 Å². The van der Waals surface area contributed by atoms with Gasteiger partial charge in [-0.25, -0.2) is 0 Å². The van der Waals surface area contributed by atoms with Crippen molar-refractivity contribution >= 4 is 11.9 Å². The van der Waals surface area contributed by atoms with E-state index in [2.05, 4.69) is 38.2 Å². The fourth-order valence-electron chi connectivity index (χ4n) is 9.37. The maximum Gasteiger partial charge on any atom is 0.306 e. The smallest absolute Gasteiger partial charge is 0.306 e. The first-order chi connectivity index (χ1) is 33.1. The highest BCUT2D eigenvalue weighted by Crippen LogP contribution is 2.18. The van der Waals surface area contributed by atoms with E-state index in [1.54, 1.807) is 0 Å². The third-order valence-corrected chi connectivity index (χ3v) is 14.0. The van der Waals surface area contributed by atoms with E-state index in [9.17, 15) is 14.7 Å². The predicted octanol–water partition coefficient (Wildman–Crippen LogP) is 20.5. The second-order valence-electron chi connectivity index (χ2n) is 20.8. The highest BCUT2D eigenvalue weighted by molar-refractivity contribution is 5.70. The third kappa shape index (κ3) is 56.9. The number of hydrogen-bond acceptors (Lipinski definition) is 5. The largest absolute Gasteiger partial charge is 0.462 e. The summed E-state index contributed by atoms with van der Waals surface area (Å²) < 4.78 is 10.7. The Hall–Kier alpha value is -1.62. The van der Waals surface area contributed by atoms with Gasteiger partial charge in [-0.05, 0) is 64.2 Å². The number of carbonyl (C=O) groups excluding carboxylic acids is 2. The van der Waals surface area contributed by atoms with Crippen LogP contribution in [0.4, 0.5) is 0 Å². The van der Waals surface area contributed by atoms with E-state index < -0.39 is 6.10 Å². The van der Waals surface area contributed by atoms with Gasteiger partial charge in [0.1, 0.15) is 6.61 Å². The summed E-state index contributed by atoms with van der Waals surface area (Å²) >= 11 is 0. The van der Waals surface area contributed by atoms with Crippen LogP contribution in [0, 0.1) is 0 Å². The molecule has 1 N–H and O–H groups in total.